The summed E-state index contributed by atoms with van der Waals surface area (Å²) >= 11 is 5.57. The SMILES string of the molecule is CN(C)CCNC(=S)N1CCCC1C1CCCC1. The molecule has 0 aromatic carbocycles. The van der Waals surface area contributed by atoms with E-state index in [2.05, 4.69) is 29.2 Å². The predicted octanol–water partition coefficient (Wildman–Crippen LogP) is 2.08. The third-order valence-corrected chi connectivity index (χ3v) is 4.72. The van der Waals surface area contributed by atoms with Gasteiger partial charge in [0.25, 0.3) is 0 Å². The van der Waals surface area contributed by atoms with Gasteiger partial charge in [0.1, 0.15) is 0 Å². The van der Waals surface area contributed by atoms with Crippen molar-refractivity contribution in [1.82, 2.24) is 15.1 Å². The van der Waals surface area contributed by atoms with Crippen molar-refractivity contribution < 1.29 is 0 Å². The Hall–Kier alpha value is -0.350. The van der Waals surface area contributed by atoms with Crippen LogP contribution in [0.2, 0.25) is 0 Å². The van der Waals surface area contributed by atoms with Gasteiger partial charge in [-0.1, -0.05) is 12.8 Å². The van der Waals surface area contributed by atoms with E-state index >= 15 is 0 Å². The Morgan fingerprint density at radius 2 is 1.94 bits per heavy atom. The molecule has 0 aromatic rings. The summed E-state index contributed by atoms with van der Waals surface area (Å²) in [6, 6.07) is 0.729. The van der Waals surface area contributed by atoms with Crippen LogP contribution in [0.5, 0.6) is 0 Å². The molecule has 18 heavy (non-hydrogen) atoms. The molecule has 4 heteroatoms. The second-order valence-electron chi connectivity index (χ2n) is 5.98. The van der Waals surface area contributed by atoms with Crippen LogP contribution in [0, 0.1) is 5.92 Å². The highest BCUT2D eigenvalue weighted by atomic mass is 32.1. The number of hydrogen-bond donors (Lipinski definition) is 1. The van der Waals surface area contributed by atoms with E-state index in [1.165, 1.54) is 38.5 Å². The molecule has 0 aromatic heterocycles. The Morgan fingerprint density at radius 1 is 1.22 bits per heavy atom. The van der Waals surface area contributed by atoms with Crippen molar-refractivity contribution in [3.63, 3.8) is 0 Å². The Bertz CT molecular complexity index is 274. The molecule has 1 aliphatic carbocycles. The fourth-order valence-electron chi connectivity index (χ4n) is 3.36. The summed E-state index contributed by atoms with van der Waals surface area (Å²) in [5, 5.41) is 4.42. The molecule has 1 N–H and O–H groups in total. The molecule has 0 radical (unpaired) electrons. The first-order chi connectivity index (χ1) is 8.68. The minimum atomic E-state index is 0.729. The van der Waals surface area contributed by atoms with Crippen molar-refractivity contribution in [2.45, 2.75) is 44.6 Å². The number of likely N-dealkylation sites (N-methyl/N-ethyl adjacent to an activating group) is 1. The summed E-state index contributed by atoms with van der Waals surface area (Å²) in [5.74, 6) is 0.904. The van der Waals surface area contributed by atoms with Gasteiger partial charge in [0.05, 0.1) is 0 Å². The van der Waals surface area contributed by atoms with Crippen LogP contribution in [0.1, 0.15) is 38.5 Å². The van der Waals surface area contributed by atoms with E-state index in [1.54, 1.807) is 0 Å². The molecule has 0 bridgehead atoms. The van der Waals surface area contributed by atoms with Gasteiger partial charge in [-0.25, -0.2) is 0 Å². The molecule has 2 aliphatic rings. The smallest absolute Gasteiger partial charge is 0.169 e. The van der Waals surface area contributed by atoms with Crippen LogP contribution >= 0.6 is 12.2 Å². The van der Waals surface area contributed by atoms with E-state index in [1.807, 2.05) is 0 Å². The average molecular weight is 269 g/mol. The monoisotopic (exact) mass is 269 g/mol. The number of nitrogens with zero attached hydrogens (tertiary/aromatic N) is 2. The standard InChI is InChI=1S/C14H27N3S/c1-16(2)11-9-15-14(18)17-10-5-8-13(17)12-6-3-4-7-12/h12-13H,3-11H2,1-2H3,(H,15,18). The highest BCUT2D eigenvalue weighted by molar-refractivity contribution is 7.80. The number of hydrogen-bond acceptors (Lipinski definition) is 2. The fraction of sp³-hybridized carbons (Fsp3) is 0.929. The average Bonchev–Trinajstić information content (AvgIpc) is 2.99. The van der Waals surface area contributed by atoms with Gasteiger partial charge in [-0.05, 0) is 57.9 Å². The van der Waals surface area contributed by atoms with E-state index in [0.29, 0.717) is 0 Å². The van der Waals surface area contributed by atoms with Crippen LogP contribution in [0.3, 0.4) is 0 Å². The maximum absolute atomic E-state index is 5.57. The summed E-state index contributed by atoms with van der Waals surface area (Å²) < 4.78 is 0. The van der Waals surface area contributed by atoms with Crippen molar-refractivity contribution >= 4 is 17.3 Å². The van der Waals surface area contributed by atoms with Crippen LogP contribution in [0.4, 0.5) is 0 Å². The zero-order chi connectivity index (χ0) is 13.0. The molecule has 1 unspecified atom stereocenters. The van der Waals surface area contributed by atoms with Gasteiger partial charge in [0.15, 0.2) is 5.11 Å². The van der Waals surface area contributed by atoms with Crippen molar-refractivity contribution in [3.05, 3.63) is 0 Å². The summed E-state index contributed by atoms with van der Waals surface area (Å²) in [5.41, 5.74) is 0. The van der Waals surface area contributed by atoms with Gasteiger partial charge >= 0.3 is 0 Å². The summed E-state index contributed by atoms with van der Waals surface area (Å²) in [4.78, 5) is 4.66. The summed E-state index contributed by atoms with van der Waals surface area (Å²) in [7, 11) is 4.20. The minimum Gasteiger partial charge on any atom is -0.361 e. The fourth-order valence-corrected chi connectivity index (χ4v) is 3.69. The molecular weight excluding hydrogens is 242 g/mol. The van der Waals surface area contributed by atoms with Gasteiger partial charge in [-0.15, -0.1) is 0 Å². The van der Waals surface area contributed by atoms with Gasteiger partial charge in [-0.3, -0.25) is 0 Å². The largest absolute Gasteiger partial charge is 0.361 e. The van der Waals surface area contributed by atoms with Gasteiger partial charge in [0, 0.05) is 25.7 Å². The Morgan fingerprint density at radius 3 is 2.61 bits per heavy atom. The first kappa shape index (κ1) is 14.1. The van der Waals surface area contributed by atoms with Crippen molar-refractivity contribution in [2.75, 3.05) is 33.7 Å². The van der Waals surface area contributed by atoms with Gasteiger partial charge in [0.2, 0.25) is 0 Å². The summed E-state index contributed by atoms with van der Waals surface area (Å²) in [6.07, 6.45) is 8.35. The number of rotatable bonds is 4. The highest BCUT2D eigenvalue weighted by Crippen LogP contribution is 2.35. The van der Waals surface area contributed by atoms with E-state index in [-0.39, 0.29) is 0 Å². The quantitative estimate of drug-likeness (QED) is 0.787. The summed E-state index contributed by atoms with van der Waals surface area (Å²) in [6.45, 7) is 3.16. The molecule has 1 heterocycles. The van der Waals surface area contributed by atoms with Crippen LogP contribution < -0.4 is 5.32 Å². The third kappa shape index (κ3) is 3.58. The second kappa shape index (κ2) is 6.71. The maximum atomic E-state index is 5.57. The molecule has 1 atom stereocenters. The lowest BCUT2D eigenvalue weighted by molar-refractivity contribution is 0.277. The van der Waals surface area contributed by atoms with E-state index < -0.39 is 0 Å². The Kier molecular flexibility index (Phi) is 5.25. The van der Waals surface area contributed by atoms with Crippen LogP contribution in [-0.4, -0.2) is 54.7 Å². The van der Waals surface area contributed by atoms with Crippen molar-refractivity contribution in [2.24, 2.45) is 5.92 Å². The number of thiocarbonyl (C=S) groups is 1. The van der Waals surface area contributed by atoms with Crippen LogP contribution in [0.15, 0.2) is 0 Å². The highest BCUT2D eigenvalue weighted by Gasteiger charge is 2.34. The Balaban J connectivity index is 1.80. The van der Waals surface area contributed by atoms with E-state index in [4.69, 9.17) is 12.2 Å². The molecule has 104 valence electrons. The third-order valence-electron chi connectivity index (χ3n) is 4.34. The molecule has 1 aliphatic heterocycles. The molecule has 2 fully saturated rings. The first-order valence-corrected chi connectivity index (χ1v) is 7.78. The lowest BCUT2D eigenvalue weighted by atomic mass is 9.96. The first-order valence-electron chi connectivity index (χ1n) is 7.37. The molecule has 3 nitrogen and oxygen atoms in total. The lowest BCUT2D eigenvalue weighted by Crippen LogP contribution is -2.46. The van der Waals surface area contributed by atoms with Crippen molar-refractivity contribution in [1.29, 1.82) is 0 Å². The molecule has 0 amide bonds. The van der Waals surface area contributed by atoms with Crippen LogP contribution in [-0.2, 0) is 0 Å². The lowest BCUT2D eigenvalue weighted by Gasteiger charge is -2.32. The second-order valence-corrected chi connectivity index (χ2v) is 6.37. The van der Waals surface area contributed by atoms with Crippen molar-refractivity contribution in [3.8, 4) is 0 Å². The zero-order valence-electron chi connectivity index (χ0n) is 11.8. The van der Waals surface area contributed by atoms with Gasteiger partial charge in [-0.2, -0.15) is 0 Å². The zero-order valence-corrected chi connectivity index (χ0v) is 12.6. The number of likely N-dealkylation sites (tertiary alicyclic amines) is 1. The Labute approximate surface area is 117 Å². The topological polar surface area (TPSA) is 18.5 Å². The number of nitrogens with one attached hydrogen (secondary N) is 1. The van der Waals surface area contributed by atoms with Crippen LogP contribution in [0.25, 0.3) is 0 Å². The molecular formula is C14H27N3S. The molecule has 1 saturated heterocycles. The molecule has 1 saturated carbocycles. The minimum absolute atomic E-state index is 0.729. The van der Waals surface area contributed by atoms with E-state index in [9.17, 15) is 0 Å². The van der Waals surface area contributed by atoms with E-state index in [0.717, 1.165) is 36.7 Å². The molecule has 0 spiro atoms. The normalized spacial score (nSPS) is 25.1. The predicted molar refractivity (Wildman–Crippen MR) is 80.8 cm³/mol. The maximum Gasteiger partial charge on any atom is 0.169 e. The van der Waals surface area contributed by atoms with Gasteiger partial charge < -0.3 is 15.1 Å². The molecule has 2 rings (SSSR count).